The van der Waals surface area contributed by atoms with E-state index in [4.69, 9.17) is 11.6 Å². The number of hydrogen-bond donors (Lipinski definition) is 2. The second-order valence-corrected chi connectivity index (χ2v) is 3.91. The first-order chi connectivity index (χ1) is 8.27. The summed E-state index contributed by atoms with van der Waals surface area (Å²) in [6.07, 6.45) is 1.52. The van der Waals surface area contributed by atoms with E-state index in [1.807, 2.05) is 24.3 Å². The third-order valence-electron chi connectivity index (χ3n) is 2.88. The third kappa shape index (κ3) is 1.42. The van der Waals surface area contributed by atoms with E-state index in [0.717, 1.165) is 22.0 Å². The van der Waals surface area contributed by atoms with Gasteiger partial charge in [-0.2, -0.15) is 0 Å². The van der Waals surface area contributed by atoms with Crippen molar-refractivity contribution in [3.05, 3.63) is 48.8 Å². The van der Waals surface area contributed by atoms with Gasteiger partial charge >= 0.3 is 0 Å². The zero-order chi connectivity index (χ0) is 11.8. The van der Waals surface area contributed by atoms with Crippen molar-refractivity contribution in [2.75, 3.05) is 11.6 Å². The van der Waals surface area contributed by atoms with Crippen LogP contribution < -0.4 is 11.6 Å². The minimum atomic E-state index is 0.473. The third-order valence-corrected chi connectivity index (χ3v) is 2.88. The van der Waals surface area contributed by atoms with Crippen molar-refractivity contribution >= 4 is 16.6 Å². The first kappa shape index (κ1) is 9.72. The molecule has 3 aromatic rings. The highest BCUT2D eigenvalue weighted by Crippen LogP contribution is 2.30. The largest absolute Gasteiger partial charge is 0.382 e. The van der Waals surface area contributed by atoms with Crippen LogP contribution in [0.1, 0.15) is 0 Å². The van der Waals surface area contributed by atoms with Gasteiger partial charge in [0.2, 0.25) is 0 Å². The molecule has 3 rings (SSSR count). The maximum Gasteiger partial charge on any atom is 0.150 e. The van der Waals surface area contributed by atoms with Gasteiger partial charge in [-0.3, -0.25) is 0 Å². The second-order valence-electron chi connectivity index (χ2n) is 3.91. The summed E-state index contributed by atoms with van der Waals surface area (Å²) >= 11 is 0. The molecular formula is C13H12N4. The van der Waals surface area contributed by atoms with Crippen LogP contribution in [0.15, 0.2) is 48.8 Å². The average Bonchev–Trinajstić information content (AvgIpc) is 2.69. The van der Waals surface area contributed by atoms with Gasteiger partial charge in [-0.15, -0.1) is 0 Å². The van der Waals surface area contributed by atoms with Crippen LogP contribution in [0.4, 0.5) is 5.82 Å². The van der Waals surface area contributed by atoms with Crippen molar-refractivity contribution in [2.24, 2.45) is 0 Å². The van der Waals surface area contributed by atoms with Crippen molar-refractivity contribution in [1.82, 2.24) is 9.66 Å². The molecule has 0 atom stereocenters. The number of nitrogens with zero attached hydrogens (tertiary/aromatic N) is 2. The SMILES string of the molecule is Nc1c(-c2cccc3ccccc23)ncn1N. The Morgan fingerprint density at radius 1 is 1.00 bits per heavy atom. The van der Waals surface area contributed by atoms with Gasteiger partial charge in [-0.1, -0.05) is 42.5 Å². The fraction of sp³-hybridized carbons (Fsp3) is 0. The Labute approximate surface area is 98.5 Å². The van der Waals surface area contributed by atoms with Crippen LogP contribution in [-0.4, -0.2) is 9.66 Å². The van der Waals surface area contributed by atoms with E-state index in [-0.39, 0.29) is 0 Å². The Hall–Kier alpha value is -2.49. The van der Waals surface area contributed by atoms with Gasteiger partial charge in [-0.25, -0.2) is 9.66 Å². The van der Waals surface area contributed by atoms with Crippen LogP contribution in [-0.2, 0) is 0 Å². The second kappa shape index (κ2) is 3.52. The molecule has 17 heavy (non-hydrogen) atoms. The van der Waals surface area contributed by atoms with E-state index < -0.39 is 0 Å². The fourth-order valence-electron chi connectivity index (χ4n) is 2.01. The quantitative estimate of drug-likeness (QED) is 0.621. The number of imidazole rings is 1. The summed E-state index contributed by atoms with van der Waals surface area (Å²) in [7, 11) is 0. The summed E-state index contributed by atoms with van der Waals surface area (Å²) in [5, 5.41) is 2.29. The smallest absolute Gasteiger partial charge is 0.150 e. The minimum absolute atomic E-state index is 0.473. The molecule has 0 unspecified atom stereocenters. The van der Waals surface area contributed by atoms with E-state index in [1.54, 1.807) is 0 Å². The van der Waals surface area contributed by atoms with Gasteiger partial charge in [0, 0.05) is 5.56 Å². The molecule has 0 aliphatic rings. The number of fused-ring (bicyclic) bond motifs is 1. The number of nitrogen functional groups attached to an aromatic ring is 2. The molecule has 0 aliphatic heterocycles. The summed E-state index contributed by atoms with van der Waals surface area (Å²) in [6.45, 7) is 0. The zero-order valence-corrected chi connectivity index (χ0v) is 9.17. The molecule has 0 radical (unpaired) electrons. The van der Waals surface area contributed by atoms with Crippen molar-refractivity contribution in [1.29, 1.82) is 0 Å². The Morgan fingerprint density at radius 3 is 2.53 bits per heavy atom. The van der Waals surface area contributed by atoms with E-state index in [0.29, 0.717) is 5.82 Å². The molecule has 0 amide bonds. The lowest BCUT2D eigenvalue weighted by Crippen LogP contribution is -2.09. The van der Waals surface area contributed by atoms with Crippen LogP contribution in [0.2, 0.25) is 0 Å². The Kier molecular flexibility index (Phi) is 2.01. The molecule has 0 fully saturated rings. The maximum atomic E-state index is 5.90. The summed E-state index contributed by atoms with van der Waals surface area (Å²) in [6, 6.07) is 14.2. The van der Waals surface area contributed by atoms with Gasteiger partial charge < -0.3 is 11.6 Å². The minimum Gasteiger partial charge on any atom is -0.382 e. The molecule has 0 bridgehead atoms. The van der Waals surface area contributed by atoms with E-state index >= 15 is 0 Å². The van der Waals surface area contributed by atoms with Crippen LogP contribution >= 0.6 is 0 Å². The number of hydrogen-bond acceptors (Lipinski definition) is 3. The highest BCUT2D eigenvalue weighted by Gasteiger charge is 2.10. The standard InChI is InChI=1S/C13H12N4/c14-13-12(16-8-17(13)15)11-7-3-5-9-4-1-2-6-10(9)11/h1-8H,14-15H2. The first-order valence-electron chi connectivity index (χ1n) is 5.33. The van der Waals surface area contributed by atoms with Gasteiger partial charge in [0.25, 0.3) is 0 Å². The van der Waals surface area contributed by atoms with E-state index in [9.17, 15) is 0 Å². The van der Waals surface area contributed by atoms with Gasteiger partial charge in [0.05, 0.1) is 0 Å². The van der Waals surface area contributed by atoms with Gasteiger partial charge in [-0.05, 0) is 10.8 Å². The molecular weight excluding hydrogens is 212 g/mol. The molecule has 1 aromatic heterocycles. The lowest BCUT2D eigenvalue weighted by molar-refractivity contribution is 1.01. The molecule has 84 valence electrons. The lowest BCUT2D eigenvalue weighted by atomic mass is 10.0. The molecule has 0 saturated carbocycles. The molecule has 0 aliphatic carbocycles. The van der Waals surface area contributed by atoms with Crippen LogP contribution in [0, 0.1) is 0 Å². The lowest BCUT2D eigenvalue weighted by Gasteiger charge is -2.05. The Balaban J connectivity index is 2.34. The highest BCUT2D eigenvalue weighted by atomic mass is 15.3. The molecule has 0 saturated heterocycles. The average molecular weight is 224 g/mol. The maximum absolute atomic E-state index is 5.90. The monoisotopic (exact) mass is 224 g/mol. The zero-order valence-electron chi connectivity index (χ0n) is 9.17. The number of anilines is 1. The normalized spacial score (nSPS) is 10.8. The molecule has 4 N–H and O–H groups in total. The van der Waals surface area contributed by atoms with Crippen LogP contribution in [0.3, 0.4) is 0 Å². The van der Waals surface area contributed by atoms with Crippen molar-refractivity contribution in [2.45, 2.75) is 0 Å². The number of rotatable bonds is 1. The first-order valence-corrected chi connectivity index (χ1v) is 5.33. The van der Waals surface area contributed by atoms with Crippen LogP contribution in [0.25, 0.3) is 22.0 Å². The Morgan fingerprint density at radius 2 is 1.76 bits per heavy atom. The van der Waals surface area contributed by atoms with Crippen LogP contribution in [0.5, 0.6) is 0 Å². The van der Waals surface area contributed by atoms with Crippen molar-refractivity contribution in [3.63, 3.8) is 0 Å². The molecule has 2 aromatic carbocycles. The summed E-state index contributed by atoms with van der Waals surface area (Å²) in [5.41, 5.74) is 7.63. The fourth-order valence-corrected chi connectivity index (χ4v) is 2.01. The predicted octanol–water partition coefficient (Wildman–Crippen LogP) is 2.00. The number of aromatic nitrogens is 2. The van der Waals surface area contributed by atoms with E-state index in [2.05, 4.69) is 23.2 Å². The summed E-state index contributed by atoms with van der Waals surface area (Å²) in [4.78, 5) is 4.25. The van der Waals surface area contributed by atoms with Gasteiger partial charge in [0.1, 0.15) is 12.0 Å². The topological polar surface area (TPSA) is 69.9 Å². The highest BCUT2D eigenvalue weighted by molar-refractivity contribution is 5.97. The molecule has 1 heterocycles. The molecule has 0 spiro atoms. The van der Waals surface area contributed by atoms with Crippen molar-refractivity contribution in [3.8, 4) is 11.3 Å². The number of benzene rings is 2. The molecule has 4 nitrogen and oxygen atoms in total. The summed E-state index contributed by atoms with van der Waals surface area (Å²) < 4.78 is 1.33. The van der Waals surface area contributed by atoms with Gasteiger partial charge in [0.15, 0.2) is 5.82 Å². The summed E-state index contributed by atoms with van der Waals surface area (Å²) in [5.74, 6) is 6.12. The van der Waals surface area contributed by atoms with Crippen molar-refractivity contribution < 1.29 is 0 Å². The predicted molar refractivity (Wildman–Crippen MR) is 69.7 cm³/mol. The Bertz CT molecular complexity index is 679. The molecule has 4 heteroatoms. The number of nitrogens with two attached hydrogens (primary N) is 2. The van der Waals surface area contributed by atoms with E-state index in [1.165, 1.54) is 11.0 Å².